The molecule has 7 nitrogen and oxygen atoms in total. The molecule has 0 aliphatic carbocycles. The maximum atomic E-state index is 13.9. The number of hydrogen-bond donors (Lipinski definition) is 1. The van der Waals surface area contributed by atoms with Crippen LogP contribution in [-0.2, 0) is 4.79 Å². The number of hydrogen-bond acceptors (Lipinski definition) is 5. The second-order valence-corrected chi connectivity index (χ2v) is 8.74. The Morgan fingerprint density at radius 3 is 2.13 bits per heavy atom. The van der Waals surface area contributed by atoms with E-state index in [0.29, 0.717) is 11.4 Å². The Labute approximate surface area is 220 Å². The van der Waals surface area contributed by atoms with E-state index in [1.54, 1.807) is 12.1 Å². The van der Waals surface area contributed by atoms with Crippen LogP contribution in [0.1, 0.15) is 40.8 Å². The highest BCUT2D eigenvalue weighted by atomic mass is 16.3. The van der Waals surface area contributed by atoms with Gasteiger partial charge in [0.25, 0.3) is 5.91 Å². The van der Waals surface area contributed by atoms with Gasteiger partial charge in [-0.05, 0) is 47.9 Å². The summed E-state index contributed by atoms with van der Waals surface area (Å²) >= 11 is 0. The highest BCUT2D eigenvalue weighted by Crippen LogP contribution is 2.31. The summed E-state index contributed by atoms with van der Waals surface area (Å²) in [6.07, 6.45) is 5.96. The molecule has 188 valence electrons. The number of nitrogens with one attached hydrogen (secondary N) is 1. The fourth-order valence-electron chi connectivity index (χ4n) is 4.30. The van der Waals surface area contributed by atoms with Gasteiger partial charge in [0.15, 0.2) is 11.8 Å². The van der Waals surface area contributed by atoms with Gasteiger partial charge in [0.2, 0.25) is 5.91 Å². The van der Waals surface area contributed by atoms with Crippen molar-refractivity contribution in [3.63, 3.8) is 0 Å². The van der Waals surface area contributed by atoms with Gasteiger partial charge in [0, 0.05) is 18.1 Å². The minimum Gasteiger partial charge on any atom is -0.459 e. The molecule has 0 radical (unpaired) electrons. The summed E-state index contributed by atoms with van der Waals surface area (Å²) in [6.45, 7) is 1.90. The van der Waals surface area contributed by atoms with Crippen molar-refractivity contribution < 1.29 is 14.0 Å². The topological polar surface area (TPSA) is 88.3 Å². The maximum Gasteiger partial charge on any atom is 0.295 e. The maximum absolute atomic E-state index is 13.9. The van der Waals surface area contributed by atoms with E-state index >= 15 is 0 Å². The van der Waals surface area contributed by atoms with Crippen LogP contribution in [0.5, 0.6) is 0 Å². The van der Waals surface area contributed by atoms with Gasteiger partial charge in [0.1, 0.15) is 0 Å². The molecule has 7 heteroatoms. The second-order valence-electron chi connectivity index (χ2n) is 8.74. The molecule has 2 aromatic heterocycles. The lowest BCUT2D eigenvalue weighted by atomic mass is 10.0. The number of furan rings is 1. The molecule has 5 aromatic rings. The van der Waals surface area contributed by atoms with Gasteiger partial charge >= 0.3 is 0 Å². The molecule has 0 aliphatic heterocycles. The number of rotatable bonds is 8. The Bertz CT molecular complexity index is 1470. The summed E-state index contributed by atoms with van der Waals surface area (Å²) in [7, 11) is 0. The van der Waals surface area contributed by atoms with E-state index in [0.717, 1.165) is 16.7 Å². The van der Waals surface area contributed by atoms with Gasteiger partial charge in [-0.15, -0.1) is 0 Å². The average molecular weight is 503 g/mol. The zero-order valence-electron chi connectivity index (χ0n) is 20.8. The van der Waals surface area contributed by atoms with Crippen LogP contribution in [-0.4, -0.2) is 21.8 Å². The summed E-state index contributed by atoms with van der Waals surface area (Å²) in [5.41, 5.74) is 3.82. The van der Waals surface area contributed by atoms with E-state index in [2.05, 4.69) is 15.3 Å². The van der Waals surface area contributed by atoms with Gasteiger partial charge < -0.3 is 9.73 Å². The Hall–Kier alpha value is -5.04. The highest BCUT2D eigenvalue weighted by Gasteiger charge is 2.36. The SMILES string of the molecule is CC(NC(=O)C(c1cnccn1)N(C(=O)c1ccco1)c1ccc(-c2ccccc2)cc1)c1ccccc1. The first kappa shape index (κ1) is 24.6. The summed E-state index contributed by atoms with van der Waals surface area (Å²) in [5.74, 6) is -0.760. The van der Waals surface area contributed by atoms with Gasteiger partial charge in [-0.25, -0.2) is 0 Å². The molecule has 5 rings (SSSR count). The molecule has 2 atom stereocenters. The van der Waals surface area contributed by atoms with E-state index in [1.807, 2.05) is 91.9 Å². The van der Waals surface area contributed by atoms with Gasteiger partial charge in [0.05, 0.1) is 24.2 Å². The third kappa shape index (κ3) is 5.37. The molecule has 0 spiro atoms. The number of amides is 2. The predicted octanol–water partition coefficient (Wildman–Crippen LogP) is 6.00. The quantitative estimate of drug-likeness (QED) is 0.281. The van der Waals surface area contributed by atoms with E-state index in [-0.39, 0.29) is 11.8 Å². The molecule has 0 bridgehead atoms. The monoisotopic (exact) mass is 502 g/mol. The first-order valence-electron chi connectivity index (χ1n) is 12.3. The van der Waals surface area contributed by atoms with Crippen LogP contribution in [0.25, 0.3) is 11.1 Å². The number of carbonyl (C=O) groups is 2. The predicted molar refractivity (Wildman–Crippen MR) is 145 cm³/mol. The van der Waals surface area contributed by atoms with Crippen molar-refractivity contribution in [3.8, 4) is 11.1 Å². The number of nitrogens with zero attached hydrogens (tertiary/aromatic N) is 3. The lowest BCUT2D eigenvalue weighted by Gasteiger charge is -2.31. The lowest BCUT2D eigenvalue weighted by molar-refractivity contribution is -0.123. The normalized spacial score (nSPS) is 12.3. The smallest absolute Gasteiger partial charge is 0.295 e. The Kier molecular flexibility index (Phi) is 7.36. The summed E-state index contributed by atoms with van der Waals surface area (Å²) < 4.78 is 5.45. The zero-order valence-corrected chi connectivity index (χ0v) is 20.8. The molecule has 1 N–H and O–H groups in total. The second kappa shape index (κ2) is 11.3. The van der Waals surface area contributed by atoms with E-state index in [9.17, 15) is 9.59 Å². The molecule has 0 fully saturated rings. The minimum atomic E-state index is -1.10. The van der Waals surface area contributed by atoms with Crippen molar-refractivity contribution in [3.05, 3.63) is 139 Å². The Morgan fingerprint density at radius 2 is 1.50 bits per heavy atom. The van der Waals surface area contributed by atoms with E-state index in [4.69, 9.17) is 4.42 Å². The molecule has 0 aliphatic rings. The number of aromatic nitrogens is 2. The summed E-state index contributed by atoms with van der Waals surface area (Å²) in [5, 5.41) is 3.05. The van der Waals surface area contributed by atoms with Crippen LogP contribution in [0.15, 0.2) is 126 Å². The van der Waals surface area contributed by atoms with E-state index < -0.39 is 17.9 Å². The molecule has 0 saturated carbocycles. The first-order chi connectivity index (χ1) is 18.6. The number of benzene rings is 3. The van der Waals surface area contributed by atoms with Crippen LogP contribution in [0.4, 0.5) is 5.69 Å². The number of carbonyl (C=O) groups excluding carboxylic acids is 2. The molecule has 2 amide bonds. The van der Waals surface area contributed by atoms with Crippen molar-refractivity contribution in [2.24, 2.45) is 0 Å². The fourth-order valence-corrected chi connectivity index (χ4v) is 4.30. The van der Waals surface area contributed by atoms with Crippen LogP contribution >= 0.6 is 0 Å². The van der Waals surface area contributed by atoms with Gasteiger partial charge in [-0.2, -0.15) is 0 Å². The third-order valence-corrected chi connectivity index (χ3v) is 6.23. The van der Waals surface area contributed by atoms with Crippen molar-refractivity contribution in [2.75, 3.05) is 4.90 Å². The molecule has 2 unspecified atom stereocenters. The molecule has 3 aromatic carbocycles. The standard InChI is InChI=1S/C31H26N4O3/c1-22(23-9-4-2-5-10-23)34-30(36)29(27-21-32-18-19-33-27)35(31(37)28-13-8-20-38-28)26-16-14-25(15-17-26)24-11-6-3-7-12-24/h2-22,29H,1H3,(H,34,36). The van der Waals surface area contributed by atoms with Gasteiger partial charge in [-0.1, -0.05) is 72.8 Å². The zero-order chi connectivity index (χ0) is 26.3. The molecule has 0 saturated heterocycles. The Morgan fingerprint density at radius 1 is 0.816 bits per heavy atom. The summed E-state index contributed by atoms with van der Waals surface area (Å²) in [6, 6.07) is 28.9. The highest BCUT2D eigenvalue weighted by molar-refractivity contribution is 6.08. The van der Waals surface area contributed by atoms with Crippen molar-refractivity contribution in [2.45, 2.75) is 19.0 Å². The van der Waals surface area contributed by atoms with Crippen molar-refractivity contribution >= 4 is 17.5 Å². The molecular weight excluding hydrogens is 476 g/mol. The first-order valence-corrected chi connectivity index (χ1v) is 12.3. The minimum absolute atomic E-state index is 0.106. The summed E-state index contributed by atoms with van der Waals surface area (Å²) in [4.78, 5) is 37.7. The molecular formula is C31H26N4O3. The Balaban J connectivity index is 1.56. The molecule has 2 heterocycles. The van der Waals surface area contributed by atoms with E-state index in [1.165, 1.54) is 29.8 Å². The van der Waals surface area contributed by atoms with Crippen molar-refractivity contribution in [1.82, 2.24) is 15.3 Å². The van der Waals surface area contributed by atoms with Crippen LogP contribution < -0.4 is 10.2 Å². The average Bonchev–Trinajstić information content (AvgIpc) is 3.52. The van der Waals surface area contributed by atoms with Crippen molar-refractivity contribution in [1.29, 1.82) is 0 Å². The van der Waals surface area contributed by atoms with Gasteiger partial charge in [-0.3, -0.25) is 24.5 Å². The third-order valence-electron chi connectivity index (χ3n) is 6.23. The lowest BCUT2D eigenvalue weighted by Crippen LogP contribution is -2.45. The number of anilines is 1. The largest absolute Gasteiger partial charge is 0.459 e. The van der Waals surface area contributed by atoms with Crippen LogP contribution in [0.3, 0.4) is 0 Å². The van der Waals surface area contributed by atoms with Crippen LogP contribution in [0.2, 0.25) is 0 Å². The fraction of sp³-hybridized carbons (Fsp3) is 0.0968. The molecule has 38 heavy (non-hydrogen) atoms. The van der Waals surface area contributed by atoms with Crippen LogP contribution in [0, 0.1) is 0 Å².